The Balaban J connectivity index is 1.53. The summed E-state index contributed by atoms with van der Waals surface area (Å²) in [6, 6.07) is 22.2. The van der Waals surface area contributed by atoms with Gasteiger partial charge in [-0.2, -0.15) is 0 Å². The van der Waals surface area contributed by atoms with E-state index in [0.717, 1.165) is 23.2 Å². The van der Waals surface area contributed by atoms with Gasteiger partial charge in [-0.1, -0.05) is 60.7 Å². The zero-order valence-electron chi connectivity index (χ0n) is 18.4. The number of amides is 2. The molecule has 0 saturated carbocycles. The van der Waals surface area contributed by atoms with Crippen LogP contribution in [0.4, 0.5) is 4.39 Å². The van der Waals surface area contributed by atoms with E-state index in [1.54, 1.807) is 12.1 Å². The molecule has 3 aromatic rings. The highest BCUT2D eigenvalue weighted by atomic mass is 19.1. The SMILES string of the molecule is CN(C)Cc1ccc(-c2ccccc2CNC(=O)CNC(=O)Cc2cccc(F)c2)cc1. The number of nitrogens with one attached hydrogen (secondary N) is 2. The lowest BCUT2D eigenvalue weighted by molar-refractivity contribution is -0.125. The van der Waals surface area contributed by atoms with Crippen LogP contribution in [0.15, 0.2) is 72.8 Å². The highest BCUT2D eigenvalue weighted by molar-refractivity contribution is 5.85. The van der Waals surface area contributed by atoms with Gasteiger partial charge in [-0.25, -0.2) is 4.39 Å². The molecule has 5 nitrogen and oxygen atoms in total. The van der Waals surface area contributed by atoms with Gasteiger partial charge in [0.15, 0.2) is 0 Å². The zero-order chi connectivity index (χ0) is 22.9. The minimum Gasteiger partial charge on any atom is -0.350 e. The Hall–Kier alpha value is -3.51. The van der Waals surface area contributed by atoms with Gasteiger partial charge in [0, 0.05) is 13.1 Å². The minimum atomic E-state index is -0.390. The van der Waals surface area contributed by atoms with Crippen LogP contribution in [0.1, 0.15) is 16.7 Å². The molecule has 32 heavy (non-hydrogen) atoms. The van der Waals surface area contributed by atoms with Gasteiger partial charge in [0.1, 0.15) is 5.82 Å². The molecule has 3 aromatic carbocycles. The van der Waals surface area contributed by atoms with Crippen molar-refractivity contribution >= 4 is 11.8 Å². The topological polar surface area (TPSA) is 61.4 Å². The van der Waals surface area contributed by atoms with E-state index in [4.69, 9.17) is 0 Å². The fraction of sp³-hybridized carbons (Fsp3) is 0.231. The first-order chi connectivity index (χ1) is 15.4. The molecule has 0 spiro atoms. The van der Waals surface area contributed by atoms with E-state index >= 15 is 0 Å². The minimum absolute atomic E-state index is 0.0255. The summed E-state index contributed by atoms with van der Waals surface area (Å²) in [5.41, 5.74) is 4.93. The van der Waals surface area contributed by atoms with E-state index in [9.17, 15) is 14.0 Å². The predicted molar refractivity (Wildman–Crippen MR) is 124 cm³/mol. The number of nitrogens with zero attached hydrogens (tertiary/aromatic N) is 1. The number of hydrogen-bond acceptors (Lipinski definition) is 3. The highest BCUT2D eigenvalue weighted by Gasteiger charge is 2.09. The van der Waals surface area contributed by atoms with Crippen LogP contribution in [0.25, 0.3) is 11.1 Å². The van der Waals surface area contributed by atoms with Gasteiger partial charge >= 0.3 is 0 Å². The molecule has 166 valence electrons. The Morgan fingerprint density at radius 1 is 0.844 bits per heavy atom. The summed E-state index contributed by atoms with van der Waals surface area (Å²) >= 11 is 0. The third kappa shape index (κ3) is 7.03. The van der Waals surface area contributed by atoms with Crippen molar-refractivity contribution in [2.45, 2.75) is 19.5 Å². The number of benzene rings is 3. The van der Waals surface area contributed by atoms with Gasteiger partial charge in [0.2, 0.25) is 11.8 Å². The van der Waals surface area contributed by atoms with Crippen molar-refractivity contribution in [1.29, 1.82) is 0 Å². The van der Waals surface area contributed by atoms with Crippen molar-refractivity contribution in [2.75, 3.05) is 20.6 Å². The molecule has 0 aliphatic carbocycles. The van der Waals surface area contributed by atoms with E-state index < -0.39 is 0 Å². The number of rotatable bonds is 9. The van der Waals surface area contributed by atoms with E-state index in [2.05, 4.69) is 39.8 Å². The normalized spacial score (nSPS) is 10.8. The second kappa shape index (κ2) is 11.2. The van der Waals surface area contributed by atoms with E-state index in [0.29, 0.717) is 12.1 Å². The Kier molecular flexibility index (Phi) is 8.11. The molecule has 0 aliphatic rings. The summed E-state index contributed by atoms with van der Waals surface area (Å²) in [5, 5.41) is 5.43. The number of hydrogen-bond donors (Lipinski definition) is 2. The van der Waals surface area contributed by atoms with Crippen LogP contribution >= 0.6 is 0 Å². The Morgan fingerprint density at radius 3 is 2.31 bits per heavy atom. The quantitative estimate of drug-likeness (QED) is 0.543. The van der Waals surface area contributed by atoms with Gasteiger partial charge in [0.25, 0.3) is 0 Å². The Bertz CT molecular complexity index is 1060. The zero-order valence-corrected chi connectivity index (χ0v) is 18.4. The molecule has 0 atom stereocenters. The van der Waals surface area contributed by atoms with E-state index in [1.165, 1.54) is 17.7 Å². The predicted octanol–water partition coefficient (Wildman–Crippen LogP) is 3.53. The smallest absolute Gasteiger partial charge is 0.239 e. The molecule has 2 N–H and O–H groups in total. The Labute approximate surface area is 188 Å². The van der Waals surface area contributed by atoms with Crippen molar-refractivity contribution < 1.29 is 14.0 Å². The summed E-state index contributed by atoms with van der Waals surface area (Å²) < 4.78 is 13.2. The van der Waals surface area contributed by atoms with Crippen LogP contribution in [0.3, 0.4) is 0 Å². The van der Waals surface area contributed by atoms with Gasteiger partial charge in [0.05, 0.1) is 13.0 Å². The monoisotopic (exact) mass is 433 g/mol. The first kappa shape index (κ1) is 23.2. The fourth-order valence-corrected chi connectivity index (χ4v) is 3.44. The number of carbonyl (C=O) groups excluding carboxylic acids is 2. The highest BCUT2D eigenvalue weighted by Crippen LogP contribution is 2.24. The lowest BCUT2D eigenvalue weighted by Gasteiger charge is -2.13. The lowest BCUT2D eigenvalue weighted by atomic mass is 9.98. The third-order valence-corrected chi connectivity index (χ3v) is 4.96. The molecule has 0 fully saturated rings. The average molecular weight is 434 g/mol. The van der Waals surface area contributed by atoms with Crippen LogP contribution in [-0.2, 0) is 29.1 Å². The molecule has 0 saturated heterocycles. The van der Waals surface area contributed by atoms with Crippen LogP contribution in [-0.4, -0.2) is 37.4 Å². The maximum atomic E-state index is 13.2. The molecule has 3 rings (SSSR count). The lowest BCUT2D eigenvalue weighted by Crippen LogP contribution is -2.37. The second-order valence-corrected chi connectivity index (χ2v) is 7.95. The van der Waals surface area contributed by atoms with Crippen LogP contribution in [0.2, 0.25) is 0 Å². The standard InChI is InChI=1S/C26H28FN3O2/c1-30(2)18-19-10-12-21(13-11-19)24-9-4-3-7-22(24)16-28-26(32)17-29-25(31)15-20-6-5-8-23(27)14-20/h3-14H,15-18H2,1-2H3,(H,28,32)(H,29,31). The molecule has 0 bridgehead atoms. The van der Waals surface area contributed by atoms with Crippen molar-refractivity contribution in [2.24, 2.45) is 0 Å². The summed E-state index contributed by atoms with van der Waals surface area (Å²) in [5.74, 6) is -1.00. The maximum absolute atomic E-state index is 13.2. The number of halogens is 1. The molecule has 6 heteroatoms. The largest absolute Gasteiger partial charge is 0.350 e. The van der Waals surface area contributed by atoms with E-state index in [1.807, 2.05) is 38.4 Å². The van der Waals surface area contributed by atoms with Crippen molar-refractivity contribution in [3.63, 3.8) is 0 Å². The molecule has 2 amide bonds. The molecule has 0 unspecified atom stereocenters. The fourth-order valence-electron chi connectivity index (χ4n) is 3.44. The first-order valence-electron chi connectivity index (χ1n) is 10.5. The maximum Gasteiger partial charge on any atom is 0.239 e. The average Bonchev–Trinajstić information content (AvgIpc) is 2.77. The first-order valence-corrected chi connectivity index (χ1v) is 10.5. The molecule has 0 aromatic heterocycles. The van der Waals surface area contributed by atoms with Crippen molar-refractivity contribution in [1.82, 2.24) is 15.5 Å². The molecule has 0 aliphatic heterocycles. The van der Waals surface area contributed by atoms with Crippen molar-refractivity contribution in [3.05, 3.63) is 95.3 Å². The van der Waals surface area contributed by atoms with Gasteiger partial charge in [-0.3, -0.25) is 9.59 Å². The third-order valence-electron chi connectivity index (χ3n) is 4.96. The van der Waals surface area contributed by atoms with Crippen LogP contribution in [0, 0.1) is 5.82 Å². The van der Waals surface area contributed by atoms with Gasteiger partial charge in [-0.15, -0.1) is 0 Å². The summed E-state index contributed by atoms with van der Waals surface area (Å²) in [7, 11) is 4.07. The van der Waals surface area contributed by atoms with E-state index in [-0.39, 0.29) is 30.6 Å². The molecule has 0 radical (unpaired) electrons. The Morgan fingerprint density at radius 2 is 1.59 bits per heavy atom. The van der Waals surface area contributed by atoms with Crippen LogP contribution in [0.5, 0.6) is 0 Å². The second-order valence-electron chi connectivity index (χ2n) is 7.95. The summed E-state index contributed by atoms with van der Waals surface area (Å²) in [4.78, 5) is 26.4. The number of carbonyl (C=O) groups is 2. The summed E-state index contributed by atoms with van der Waals surface area (Å²) in [6.45, 7) is 1.10. The van der Waals surface area contributed by atoms with Gasteiger partial charge in [-0.05, 0) is 54.0 Å². The van der Waals surface area contributed by atoms with Gasteiger partial charge < -0.3 is 15.5 Å². The summed E-state index contributed by atoms with van der Waals surface area (Å²) in [6.07, 6.45) is 0.0255. The molecular weight excluding hydrogens is 405 g/mol. The molecular formula is C26H28FN3O2. The van der Waals surface area contributed by atoms with Crippen LogP contribution < -0.4 is 10.6 Å². The molecule has 0 heterocycles. The van der Waals surface area contributed by atoms with Crippen molar-refractivity contribution in [3.8, 4) is 11.1 Å².